The van der Waals surface area contributed by atoms with Crippen LogP contribution in [0.25, 0.3) is 0 Å². The van der Waals surface area contributed by atoms with Gasteiger partial charge in [0, 0.05) is 5.70 Å². The highest BCUT2D eigenvalue weighted by Gasteiger charge is 2.30. The number of carboxylic acids is 1. The van der Waals surface area contributed by atoms with Gasteiger partial charge in [-0.3, -0.25) is 0 Å². The summed E-state index contributed by atoms with van der Waals surface area (Å²) in [5.41, 5.74) is 0.377. The van der Waals surface area contributed by atoms with Crippen LogP contribution in [0.1, 0.15) is 27.7 Å². The summed E-state index contributed by atoms with van der Waals surface area (Å²) >= 11 is 0. The largest absolute Gasteiger partial charge is 0.480 e. The lowest BCUT2D eigenvalue weighted by atomic mass is 9.86. The van der Waals surface area contributed by atoms with E-state index in [0.29, 0.717) is 5.70 Å². The molecule has 1 atom stereocenters. The second-order valence-corrected chi connectivity index (χ2v) is 4.06. The number of carbonyl (C=O) groups is 1. The molecule has 1 unspecified atom stereocenters. The monoisotopic (exact) mass is 171 g/mol. The van der Waals surface area contributed by atoms with Crippen molar-refractivity contribution in [3.05, 3.63) is 12.3 Å². The van der Waals surface area contributed by atoms with Crippen LogP contribution in [-0.2, 0) is 4.79 Å². The van der Waals surface area contributed by atoms with E-state index in [1.807, 2.05) is 20.8 Å². The Morgan fingerprint density at radius 1 is 1.50 bits per heavy atom. The summed E-state index contributed by atoms with van der Waals surface area (Å²) in [6, 6.07) is -0.574. The third-order valence-corrected chi connectivity index (χ3v) is 1.50. The Balaban J connectivity index is 4.46. The zero-order valence-corrected chi connectivity index (χ0v) is 8.14. The van der Waals surface area contributed by atoms with E-state index in [-0.39, 0.29) is 5.41 Å². The van der Waals surface area contributed by atoms with Crippen molar-refractivity contribution < 1.29 is 9.90 Å². The summed E-state index contributed by atoms with van der Waals surface area (Å²) in [4.78, 5) is 10.8. The average molecular weight is 171 g/mol. The first-order chi connectivity index (χ1) is 5.25. The number of hydrogen-bond donors (Lipinski definition) is 2. The van der Waals surface area contributed by atoms with Crippen LogP contribution in [0.15, 0.2) is 12.3 Å². The number of allylic oxidation sites excluding steroid dienone is 1. The zero-order valence-electron chi connectivity index (χ0n) is 8.14. The highest BCUT2D eigenvalue weighted by atomic mass is 16.4. The number of aliphatic carboxylic acids is 1. The van der Waals surface area contributed by atoms with Crippen LogP contribution in [-0.4, -0.2) is 17.1 Å². The van der Waals surface area contributed by atoms with Gasteiger partial charge < -0.3 is 10.4 Å². The Labute approximate surface area is 73.5 Å². The summed E-state index contributed by atoms with van der Waals surface area (Å²) < 4.78 is 0. The first kappa shape index (κ1) is 11.0. The summed E-state index contributed by atoms with van der Waals surface area (Å²) in [7, 11) is 0. The van der Waals surface area contributed by atoms with Crippen molar-refractivity contribution in [2.45, 2.75) is 33.7 Å². The molecule has 0 aliphatic rings. The van der Waals surface area contributed by atoms with E-state index >= 15 is 0 Å². The summed E-state index contributed by atoms with van der Waals surface area (Å²) in [6.45, 7) is 11.0. The Hall–Kier alpha value is -0.990. The lowest BCUT2D eigenvalue weighted by Crippen LogP contribution is -2.45. The SMILES string of the molecule is C=C(C)NC(C(=O)O)C(C)(C)C. The van der Waals surface area contributed by atoms with E-state index in [0.717, 1.165) is 0 Å². The molecule has 0 bridgehead atoms. The van der Waals surface area contributed by atoms with E-state index in [9.17, 15) is 4.79 Å². The van der Waals surface area contributed by atoms with E-state index in [2.05, 4.69) is 11.9 Å². The molecule has 3 heteroatoms. The number of carboxylic acid groups (broad SMARTS) is 1. The van der Waals surface area contributed by atoms with Gasteiger partial charge in [0.15, 0.2) is 0 Å². The lowest BCUT2D eigenvalue weighted by molar-refractivity contribution is -0.142. The van der Waals surface area contributed by atoms with E-state index in [1.165, 1.54) is 0 Å². The molecule has 0 spiro atoms. The van der Waals surface area contributed by atoms with Gasteiger partial charge in [-0.1, -0.05) is 27.4 Å². The van der Waals surface area contributed by atoms with Gasteiger partial charge in [-0.25, -0.2) is 4.79 Å². The molecule has 0 saturated carbocycles. The van der Waals surface area contributed by atoms with Gasteiger partial charge >= 0.3 is 5.97 Å². The molecule has 0 radical (unpaired) electrons. The van der Waals surface area contributed by atoms with Gasteiger partial charge in [-0.05, 0) is 12.3 Å². The molecule has 2 N–H and O–H groups in total. The Kier molecular flexibility index (Phi) is 3.31. The van der Waals surface area contributed by atoms with Gasteiger partial charge in [-0.15, -0.1) is 0 Å². The van der Waals surface area contributed by atoms with Gasteiger partial charge in [0.05, 0.1) is 0 Å². The minimum absolute atomic E-state index is 0.301. The molecule has 0 aromatic rings. The predicted octanol–water partition coefficient (Wildman–Crippen LogP) is 1.61. The van der Waals surface area contributed by atoms with Crippen molar-refractivity contribution in [1.82, 2.24) is 5.32 Å². The summed E-state index contributed by atoms with van der Waals surface area (Å²) in [6.07, 6.45) is 0. The predicted molar refractivity (Wildman–Crippen MR) is 48.8 cm³/mol. The Morgan fingerprint density at radius 2 is 1.92 bits per heavy atom. The Bertz CT molecular complexity index is 191. The van der Waals surface area contributed by atoms with Crippen molar-refractivity contribution in [2.24, 2.45) is 5.41 Å². The molecule has 12 heavy (non-hydrogen) atoms. The summed E-state index contributed by atoms with van der Waals surface area (Å²) in [5, 5.41) is 11.7. The number of rotatable bonds is 3. The second kappa shape index (κ2) is 3.61. The van der Waals surface area contributed by atoms with Gasteiger partial charge in [0.25, 0.3) is 0 Å². The topological polar surface area (TPSA) is 49.3 Å². The molecule has 70 valence electrons. The first-order valence-electron chi connectivity index (χ1n) is 3.90. The van der Waals surface area contributed by atoms with Gasteiger partial charge in [0.2, 0.25) is 0 Å². The van der Waals surface area contributed by atoms with Crippen LogP contribution in [0.4, 0.5) is 0 Å². The van der Waals surface area contributed by atoms with Crippen LogP contribution >= 0.6 is 0 Å². The van der Waals surface area contributed by atoms with E-state index in [1.54, 1.807) is 6.92 Å². The summed E-state index contributed by atoms with van der Waals surface area (Å²) in [5.74, 6) is -0.842. The van der Waals surface area contributed by atoms with Crippen LogP contribution < -0.4 is 5.32 Å². The van der Waals surface area contributed by atoms with Gasteiger partial charge in [0.1, 0.15) is 6.04 Å². The first-order valence-corrected chi connectivity index (χ1v) is 3.90. The molecule has 0 amide bonds. The second-order valence-electron chi connectivity index (χ2n) is 4.06. The third-order valence-electron chi connectivity index (χ3n) is 1.50. The normalized spacial score (nSPS) is 13.7. The maximum Gasteiger partial charge on any atom is 0.326 e. The number of hydrogen-bond acceptors (Lipinski definition) is 2. The van der Waals surface area contributed by atoms with Crippen molar-refractivity contribution in [3.63, 3.8) is 0 Å². The van der Waals surface area contributed by atoms with Crippen molar-refractivity contribution in [1.29, 1.82) is 0 Å². The maximum atomic E-state index is 10.8. The minimum atomic E-state index is -0.842. The van der Waals surface area contributed by atoms with Crippen LogP contribution in [0.5, 0.6) is 0 Å². The van der Waals surface area contributed by atoms with Crippen LogP contribution in [0.2, 0.25) is 0 Å². The van der Waals surface area contributed by atoms with Crippen molar-refractivity contribution in [2.75, 3.05) is 0 Å². The molecule has 0 fully saturated rings. The van der Waals surface area contributed by atoms with Gasteiger partial charge in [-0.2, -0.15) is 0 Å². The fraction of sp³-hybridized carbons (Fsp3) is 0.667. The van der Waals surface area contributed by atoms with E-state index < -0.39 is 12.0 Å². The lowest BCUT2D eigenvalue weighted by Gasteiger charge is -2.28. The highest BCUT2D eigenvalue weighted by molar-refractivity contribution is 5.74. The number of nitrogens with one attached hydrogen (secondary N) is 1. The van der Waals surface area contributed by atoms with Crippen LogP contribution in [0.3, 0.4) is 0 Å². The molecule has 0 heterocycles. The molecule has 0 rings (SSSR count). The third kappa shape index (κ3) is 3.42. The zero-order chi connectivity index (χ0) is 9.94. The molecule has 0 aromatic carbocycles. The van der Waals surface area contributed by atoms with E-state index in [4.69, 9.17) is 5.11 Å². The standard InChI is InChI=1S/C9H17NO2/c1-6(2)10-7(8(11)12)9(3,4)5/h7,10H,1H2,2-5H3,(H,11,12). The minimum Gasteiger partial charge on any atom is -0.480 e. The molecular weight excluding hydrogens is 154 g/mol. The molecule has 3 nitrogen and oxygen atoms in total. The van der Waals surface area contributed by atoms with Crippen molar-refractivity contribution >= 4 is 5.97 Å². The molecule has 0 aliphatic carbocycles. The fourth-order valence-corrected chi connectivity index (χ4v) is 0.895. The Morgan fingerprint density at radius 3 is 2.00 bits per heavy atom. The average Bonchev–Trinajstić information content (AvgIpc) is 1.79. The smallest absolute Gasteiger partial charge is 0.326 e. The quantitative estimate of drug-likeness (QED) is 0.678. The molecule has 0 aliphatic heterocycles. The van der Waals surface area contributed by atoms with Crippen molar-refractivity contribution in [3.8, 4) is 0 Å². The molecule has 0 saturated heterocycles. The molecule has 0 aromatic heterocycles. The maximum absolute atomic E-state index is 10.8. The van der Waals surface area contributed by atoms with Crippen LogP contribution in [0, 0.1) is 5.41 Å². The highest BCUT2D eigenvalue weighted by Crippen LogP contribution is 2.19. The molecular formula is C9H17NO2. The fourth-order valence-electron chi connectivity index (χ4n) is 0.895.